The number of hydrogen-bond acceptors (Lipinski definition) is 3. The number of aliphatic hydroxyl groups excluding tert-OH is 1. The van der Waals surface area contributed by atoms with Crippen LogP contribution in [0, 0.1) is 23.7 Å². The first kappa shape index (κ1) is 9.09. The second kappa shape index (κ2) is 2.92. The van der Waals surface area contributed by atoms with Crippen LogP contribution < -0.4 is 0 Å². The summed E-state index contributed by atoms with van der Waals surface area (Å²) in [4.78, 5) is 25.1. The van der Waals surface area contributed by atoms with Crippen LogP contribution in [0.1, 0.15) is 6.42 Å². The van der Waals surface area contributed by atoms with Crippen LogP contribution in [-0.4, -0.2) is 35.0 Å². The van der Waals surface area contributed by atoms with Gasteiger partial charge in [0.05, 0.1) is 25.0 Å². The van der Waals surface area contributed by atoms with E-state index in [1.165, 1.54) is 4.90 Å². The summed E-state index contributed by atoms with van der Waals surface area (Å²) in [5.74, 6) is 0.130. The number of fused-ring (bicyclic) bond motifs is 5. The summed E-state index contributed by atoms with van der Waals surface area (Å²) in [6, 6.07) is 0. The molecule has 2 amide bonds. The zero-order valence-electron chi connectivity index (χ0n) is 8.30. The molecular formula is C11H13NO3. The fraction of sp³-hybridized carbons (Fsp3) is 0.636. The molecule has 3 aliphatic rings. The van der Waals surface area contributed by atoms with Crippen LogP contribution in [0.4, 0.5) is 0 Å². The van der Waals surface area contributed by atoms with Crippen LogP contribution in [0.25, 0.3) is 0 Å². The lowest BCUT2D eigenvalue weighted by molar-refractivity contribution is -0.141. The van der Waals surface area contributed by atoms with Crippen molar-refractivity contribution in [3.8, 4) is 0 Å². The molecule has 0 spiro atoms. The maximum atomic E-state index is 11.9. The van der Waals surface area contributed by atoms with Crippen molar-refractivity contribution in [2.24, 2.45) is 23.7 Å². The number of allylic oxidation sites excluding steroid dienone is 2. The molecule has 15 heavy (non-hydrogen) atoms. The third-order valence-electron chi connectivity index (χ3n) is 3.89. The van der Waals surface area contributed by atoms with Gasteiger partial charge in [-0.3, -0.25) is 14.5 Å². The number of β-amino-alcohol motifs (C(OH)–C–C–N with tert-alkyl or cyclic N) is 1. The summed E-state index contributed by atoms with van der Waals surface area (Å²) in [6.45, 7) is 0.0176. The van der Waals surface area contributed by atoms with Crippen LogP contribution in [0.2, 0.25) is 0 Å². The van der Waals surface area contributed by atoms with Gasteiger partial charge in [0, 0.05) is 0 Å². The van der Waals surface area contributed by atoms with Crippen LogP contribution in [0.15, 0.2) is 12.2 Å². The van der Waals surface area contributed by atoms with E-state index in [0.717, 1.165) is 6.42 Å². The van der Waals surface area contributed by atoms with E-state index in [9.17, 15) is 9.59 Å². The Labute approximate surface area is 87.6 Å². The first-order chi connectivity index (χ1) is 7.24. The maximum absolute atomic E-state index is 11.9. The highest BCUT2D eigenvalue weighted by Crippen LogP contribution is 2.52. The van der Waals surface area contributed by atoms with Crippen molar-refractivity contribution in [2.75, 3.05) is 13.2 Å². The Bertz CT molecular complexity index is 333. The van der Waals surface area contributed by atoms with Crippen molar-refractivity contribution in [3.05, 3.63) is 12.2 Å². The van der Waals surface area contributed by atoms with E-state index in [1.54, 1.807) is 0 Å². The molecule has 1 saturated heterocycles. The zero-order valence-corrected chi connectivity index (χ0v) is 8.30. The SMILES string of the molecule is O=C1[C@@H]2[C@H](C(=O)N1CCO)[C@H]1C=C[C@H]2C1. The van der Waals surface area contributed by atoms with Gasteiger partial charge in [0.1, 0.15) is 0 Å². The number of likely N-dealkylation sites (tertiary alicyclic amines) is 1. The molecule has 2 fully saturated rings. The minimum atomic E-state index is -0.139. The van der Waals surface area contributed by atoms with Crippen LogP contribution >= 0.6 is 0 Å². The molecular weight excluding hydrogens is 194 g/mol. The number of carbonyl (C=O) groups excluding carboxylic acids is 2. The topological polar surface area (TPSA) is 57.6 Å². The minimum Gasteiger partial charge on any atom is -0.395 e. The Morgan fingerprint density at radius 1 is 1.20 bits per heavy atom. The zero-order chi connectivity index (χ0) is 10.6. The summed E-state index contributed by atoms with van der Waals surface area (Å²) >= 11 is 0. The number of imide groups is 1. The Morgan fingerprint density at radius 3 is 2.20 bits per heavy atom. The summed E-state index contributed by atoms with van der Waals surface area (Å²) in [7, 11) is 0. The van der Waals surface area contributed by atoms with Crippen molar-refractivity contribution >= 4 is 11.8 Å². The average Bonchev–Trinajstić information content (AvgIpc) is 2.87. The Balaban J connectivity index is 1.93. The van der Waals surface area contributed by atoms with E-state index in [0.29, 0.717) is 0 Å². The quantitative estimate of drug-likeness (QED) is 0.503. The van der Waals surface area contributed by atoms with Crippen LogP contribution in [-0.2, 0) is 9.59 Å². The normalized spacial score (nSPS) is 41.8. The maximum Gasteiger partial charge on any atom is 0.233 e. The van der Waals surface area contributed by atoms with E-state index in [4.69, 9.17) is 5.11 Å². The van der Waals surface area contributed by atoms with E-state index < -0.39 is 0 Å². The Morgan fingerprint density at radius 2 is 1.73 bits per heavy atom. The van der Waals surface area contributed by atoms with Gasteiger partial charge < -0.3 is 5.11 Å². The van der Waals surface area contributed by atoms with Crippen molar-refractivity contribution in [3.63, 3.8) is 0 Å². The number of rotatable bonds is 2. The monoisotopic (exact) mass is 207 g/mol. The molecule has 0 aromatic rings. The van der Waals surface area contributed by atoms with Gasteiger partial charge in [-0.05, 0) is 18.3 Å². The van der Waals surface area contributed by atoms with Gasteiger partial charge in [0.15, 0.2) is 0 Å². The second-order valence-electron chi connectivity index (χ2n) is 4.55. The lowest BCUT2D eigenvalue weighted by Crippen LogP contribution is -2.35. The molecule has 4 heteroatoms. The predicted octanol–water partition coefficient (Wildman–Crippen LogP) is -0.214. The summed E-state index contributed by atoms with van der Waals surface area (Å²) < 4.78 is 0. The van der Waals surface area contributed by atoms with E-state index in [-0.39, 0.29) is 48.6 Å². The molecule has 1 saturated carbocycles. The number of nitrogens with zero attached hydrogens (tertiary/aromatic N) is 1. The number of amides is 2. The highest BCUT2D eigenvalue weighted by molar-refractivity contribution is 6.06. The van der Waals surface area contributed by atoms with Gasteiger partial charge >= 0.3 is 0 Å². The predicted molar refractivity (Wildman–Crippen MR) is 51.5 cm³/mol. The van der Waals surface area contributed by atoms with Gasteiger partial charge in [-0.1, -0.05) is 12.2 Å². The number of carbonyl (C=O) groups is 2. The number of hydrogen-bond donors (Lipinski definition) is 1. The van der Waals surface area contributed by atoms with Crippen molar-refractivity contribution in [1.29, 1.82) is 0 Å². The molecule has 2 aliphatic carbocycles. The lowest BCUT2D eigenvalue weighted by Gasteiger charge is -2.15. The smallest absolute Gasteiger partial charge is 0.233 e. The Hall–Kier alpha value is -1.16. The molecule has 3 rings (SSSR count). The molecule has 1 N–H and O–H groups in total. The molecule has 1 aliphatic heterocycles. The molecule has 0 aromatic carbocycles. The van der Waals surface area contributed by atoms with E-state index in [2.05, 4.69) is 12.2 Å². The highest BCUT2D eigenvalue weighted by Gasteiger charge is 2.58. The van der Waals surface area contributed by atoms with Crippen molar-refractivity contribution < 1.29 is 14.7 Å². The van der Waals surface area contributed by atoms with E-state index in [1.807, 2.05) is 0 Å². The standard InChI is InChI=1S/C11H13NO3/c13-4-3-12-10(14)8-6-1-2-7(5-6)9(8)11(12)15/h1-2,6-9,13H,3-5H2/t6-,7-,8-,9+/m0/s1. The lowest BCUT2D eigenvalue weighted by atomic mass is 9.85. The fourth-order valence-electron chi connectivity index (χ4n) is 3.28. The largest absolute Gasteiger partial charge is 0.395 e. The first-order valence-electron chi connectivity index (χ1n) is 5.38. The molecule has 0 unspecified atom stereocenters. The fourth-order valence-corrected chi connectivity index (χ4v) is 3.28. The van der Waals surface area contributed by atoms with Crippen molar-refractivity contribution in [1.82, 2.24) is 4.90 Å². The summed E-state index contributed by atoms with van der Waals surface area (Å²) in [5.41, 5.74) is 0. The van der Waals surface area contributed by atoms with Gasteiger partial charge in [-0.2, -0.15) is 0 Å². The summed E-state index contributed by atoms with van der Waals surface area (Å²) in [6.07, 6.45) is 5.10. The van der Waals surface area contributed by atoms with Gasteiger partial charge in [0.2, 0.25) is 11.8 Å². The molecule has 0 radical (unpaired) electrons. The molecule has 2 bridgehead atoms. The highest BCUT2D eigenvalue weighted by atomic mass is 16.3. The van der Waals surface area contributed by atoms with Crippen LogP contribution in [0.5, 0.6) is 0 Å². The van der Waals surface area contributed by atoms with Gasteiger partial charge in [0.25, 0.3) is 0 Å². The molecule has 1 heterocycles. The molecule has 4 atom stereocenters. The van der Waals surface area contributed by atoms with Gasteiger partial charge in [-0.15, -0.1) is 0 Å². The van der Waals surface area contributed by atoms with Gasteiger partial charge in [-0.25, -0.2) is 0 Å². The van der Waals surface area contributed by atoms with E-state index >= 15 is 0 Å². The first-order valence-corrected chi connectivity index (χ1v) is 5.38. The minimum absolute atomic E-state index is 0.0732. The van der Waals surface area contributed by atoms with Crippen molar-refractivity contribution in [2.45, 2.75) is 6.42 Å². The average molecular weight is 207 g/mol. The molecule has 80 valence electrons. The third-order valence-corrected chi connectivity index (χ3v) is 3.89. The molecule has 0 aromatic heterocycles. The third kappa shape index (κ3) is 1.00. The molecule has 4 nitrogen and oxygen atoms in total. The number of aliphatic hydroxyl groups is 1. The Kier molecular flexibility index (Phi) is 1.77. The van der Waals surface area contributed by atoms with Crippen LogP contribution in [0.3, 0.4) is 0 Å². The summed E-state index contributed by atoms with van der Waals surface area (Å²) in [5, 5.41) is 8.81. The second-order valence-corrected chi connectivity index (χ2v) is 4.55.